The van der Waals surface area contributed by atoms with Crippen molar-refractivity contribution < 1.29 is 4.79 Å². The van der Waals surface area contributed by atoms with Gasteiger partial charge in [-0.05, 0) is 30.9 Å². The number of benzene rings is 1. The van der Waals surface area contributed by atoms with Crippen molar-refractivity contribution in [2.45, 2.75) is 38.5 Å². The highest BCUT2D eigenvalue weighted by molar-refractivity contribution is 5.93. The maximum absolute atomic E-state index is 11.9. The van der Waals surface area contributed by atoms with E-state index in [1.54, 1.807) is 6.07 Å². The highest BCUT2D eigenvalue weighted by Gasteiger charge is 2.17. The van der Waals surface area contributed by atoms with Gasteiger partial charge in [0, 0.05) is 6.42 Å². The number of carbonyl (C=O) groups is 1. The number of amides is 1. The lowest BCUT2D eigenvalue weighted by Gasteiger charge is -2.21. The molecule has 0 aromatic heterocycles. The van der Waals surface area contributed by atoms with Gasteiger partial charge in [-0.15, -0.1) is 12.4 Å². The number of carbonyl (C=O) groups excluding carboxylic acids is 1. The van der Waals surface area contributed by atoms with Crippen molar-refractivity contribution in [3.05, 3.63) is 24.3 Å². The molecule has 1 aliphatic carbocycles. The van der Waals surface area contributed by atoms with Crippen molar-refractivity contribution in [3.63, 3.8) is 0 Å². The fourth-order valence-corrected chi connectivity index (χ4v) is 2.47. The summed E-state index contributed by atoms with van der Waals surface area (Å²) >= 11 is 0. The monoisotopic (exact) mass is 268 g/mol. The summed E-state index contributed by atoms with van der Waals surface area (Å²) in [6.07, 6.45) is 6.88. The zero-order valence-electron chi connectivity index (χ0n) is 10.5. The molecule has 2 rings (SSSR count). The van der Waals surface area contributed by atoms with Gasteiger partial charge in [-0.2, -0.15) is 0 Å². The molecule has 0 aliphatic heterocycles. The Hall–Kier alpha value is -1.22. The Balaban J connectivity index is 0.00000162. The van der Waals surface area contributed by atoms with Gasteiger partial charge in [0.05, 0.1) is 11.4 Å². The average molecular weight is 269 g/mol. The fourth-order valence-electron chi connectivity index (χ4n) is 2.47. The highest BCUT2D eigenvalue weighted by atomic mass is 35.5. The third-order valence-electron chi connectivity index (χ3n) is 3.43. The van der Waals surface area contributed by atoms with Crippen LogP contribution >= 0.6 is 12.4 Å². The summed E-state index contributed by atoms with van der Waals surface area (Å²) in [6.45, 7) is 0. The Morgan fingerprint density at radius 3 is 2.56 bits per heavy atom. The molecule has 3 N–H and O–H groups in total. The van der Waals surface area contributed by atoms with Gasteiger partial charge < -0.3 is 11.1 Å². The molecule has 0 unspecified atom stereocenters. The molecular weight excluding hydrogens is 248 g/mol. The van der Waals surface area contributed by atoms with Crippen LogP contribution in [0.5, 0.6) is 0 Å². The molecule has 1 fully saturated rings. The van der Waals surface area contributed by atoms with Crippen molar-refractivity contribution in [1.29, 1.82) is 0 Å². The van der Waals surface area contributed by atoms with Crippen LogP contribution in [0.15, 0.2) is 24.3 Å². The Morgan fingerprint density at radius 1 is 1.22 bits per heavy atom. The summed E-state index contributed by atoms with van der Waals surface area (Å²) < 4.78 is 0. The number of nitrogen functional groups attached to an aromatic ring is 1. The smallest absolute Gasteiger partial charge is 0.224 e. The zero-order valence-corrected chi connectivity index (χ0v) is 11.3. The number of halogens is 1. The lowest BCUT2D eigenvalue weighted by molar-refractivity contribution is -0.117. The van der Waals surface area contributed by atoms with Crippen LogP contribution in [-0.2, 0) is 4.79 Å². The number of hydrogen-bond acceptors (Lipinski definition) is 2. The molecule has 0 bridgehead atoms. The molecule has 1 saturated carbocycles. The minimum absolute atomic E-state index is 0. The predicted molar refractivity (Wildman–Crippen MR) is 77.9 cm³/mol. The molecule has 0 spiro atoms. The fraction of sp³-hybridized carbons (Fsp3) is 0.500. The first-order valence-corrected chi connectivity index (χ1v) is 6.40. The van der Waals surface area contributed by atoms with E-state index in [1.807, 2.05) is 18.2 Å². The molecule has 18 heavy (non-hydrogen) atoms. The molecule has 100 valence electrons. The van der Waals surface area contributed by atoms with Crippen molar-refractivity contribution >= 4 is 29.7 Å². The molecule has 0 heterocycles. The first-order valence-electron chi connectivity index (χ1n) is 6.40. The maximum atomic E-state index is 11.9. The van der Waals surface area contributed by atoms with Crippen LogP contribution in [-0.4, -0.2) is 5.91 Å². The SMILES string of the molecule is Cl.Nc1ccccc1NC(=O)CC1CCCCC1. The van der Waals surface area contributed by atoms with Crippen molar-refractivity contribution in [1.82, 2.24) is 0 Å². The number of anilines is 2. The molecule has 3 nitrogen and oxygen atoms in total. The number of para-hydroxylation sites is 2. The molecule has 1 aromatic carbocycles. The van der Waals surface area contributed by atoms with Gasteiger partial charge in [-0.3, -0.25) is 4.79 Å². The van der Waals surface area contributed by atoms with E-state index in [1.165, 1.54) is 32.1 Å². The Morgan fingerprint density at radius 2 is 1.89 bits per heavy atom. The first kappa shape index (κ1) is 14.8. The predicted octanol–water partition coefficient (Wildman–Crippen LogP) is 3.60. The molecule has 0 atom stereocenters. The van der Waals surface area contributed by atoms with E-state index in [-0.39, 0.29) is 18.3 Å². The van der Waals surface area contributed by atoms with E-state index in [4.69, 9.17) is 5.73 Å². The van der Waals surface area contributed by atoms with E-state index < -0.39 is 0 Å². The van der Waals surface area contributed by atoms with E-state index in [9.17, 15) is 4.79 Å². The average Bonchev–Trinajstić information content (AvgIpc) is 2.33. The summed E-state index contributed by atoms with van der Waals surface area (Å²) in [5.74, 6) is 0.656. The van der Waals surface area contributed by atoms with Crippen molar-refractivity contribution in [3.8, 4) is 0 Å². The van der Waals surface area contributed by atoms with Crippen LogP contribution in [0.4, 0.5) is 11.4 Å². The normalized spacial score (nSPS) is 15.8. The number of nitrogens with one attached hydrogen (secondary N) is 1. The molecule has 1 aromatic rings. The first-order chi connectivity index (χ1) is 8.25. The quantitative estimate of drug-likeness (QED) is 0.823. The molecule has 0 saturated heterocycles. The minimum Gasteiger partial charge on any atom is -0.397 e. The van der Waals surface area contributed by atoms with Gasteiger partial charge >= 0.3 is 0 Å². The van der Waals surface area contributed by atoms with Gasteiger partial charge in [0.2, 0.25) is 5.91 Å². The summed E-state index contributed by atoms with van der Waals surface area (Å²) in [6, 6.07) is 7.39. The van der Waals surface area contributed by atoms with E-state index in [0.29, 0.717) is 18.0 Å². The topological polar surface area (TPSA) is 55.1 Å². The number of rotatable bonds is 3. The van der Waals surface area contributed by atoms with Gasteiger partial charge in [0.15, 0.2) is 0 Å². The van der Waals surface area contributed by atoms with Crippen LogP contribution in [0.3, 0.4) is 0 Å². The largest absolute Gasteiger partial charge is 0.397 e. The van der Waals surface area contributed by atoms with Crippen molar-refractivity contribution in [2.75, 3.05) is 11.1 Å². The van der Waals surface area contributed by atoms with Crippen LogP contribution in [0.25, 0.3) is 0 Å². The van der Waals surface area contributed by atoms with Crippen LogP contribution in [0, 0.1) is 5.92 Å². The van der Waals surface area contributed by atoms with Gasteiger partial charge in [-0.25, -0.2) is 0 Å². The van der Waals surface area contributed by atoms with E-state index >= 15 is 0 Å². The minimum atomic E-state index is 0. The Labute approximate surface area is 115 Å². The van der Waals surface area contributed by atoms with Crippen molar-refractivity contribution in [2.24, 2.45) is 5.92 Å². The Kier molecular flexibility index (Phi) is 5.99. The van der Waals surface area contributed by atoms with E-state index in [0.717, 1.165) is 5.69 Å². The second kappa shape index (κ2) is 7.27. The van der Waals surface area contributed by atoms with Gasteiger partial charge in [0.25, 0.3) is 0 Å². The molecule has 4 heteroatoms. The summed E-state index contributed by atoms with van der Waals surface area (Å²) in [7, 11) is 0. The molecule has 0 radical (unpaired) electrons. The standard InChI is InChI=1S/C14H20N2O.ClH/c15-12-8-4-5-9-13(12)16-14(17)10-11-6-2-1-3-7-11;/h4-5,8-9,11H,1-3,6-7,10,15H2,(H,16,17);1H. The number of hydrogen-bond donors (Lipinski definition) is 2. The second-order valence-corrected chi connectivity index (χ2v) is 4.84. The van der Waals surface area contributed by atoms with Crippen LogP contribution < -0.4 is 11.1 Å². The highest BCUT2D eigenvalue weighted by Crippen LogP contribution is 2.27. The summed E-state index contributed by atoms with van der Waals surface area (Å²) in [5, 5.41) is 2.89. The molecule has 1 amide bonds. The lowest BCUT2D eigenvalue weighted by atomic mass is 9.87. The maximum Gasteiger partial charge on any atom is 0.224 e. The number of nitrogens with two attached hydrogens (primary N) is 1. The molecule has 1 aliphatic rings. The summed E-state index contributed by atoms with van der Waals surface area (Å²) in [4.78, 5) is 11.9. The van der Waals surface area contributed by atoms with Crippen LogP contribution in [0.1, 0.15) is 38.5 Å². The lowest BCUT2D eigenvalue weighted by Crippen LogP contribution is -2.18. The Bertz CT molecular complexity index is 389. The summed E-state index contributed by atoms with van der Waals surface area (Å²) in [5.41, 5.74) is 7.15. The third-order valence-corrected chi connectivity index (χ3v) is 3.43. The third kappa shape index (κ3) is 4.22. The second-order valence-electron chi connectivity index (χ2n) is 4.84. The van der Waals surface area contributed by atoms with Gasteiger partial charge in [-0.1, -0.05) is 31.4 Å². The van der Waals surface area contributed by atoms with Crippen LogP contribution in [0.2, 0.25) is 0 Å². The van der Waals surface area contributed by atoms with Gasteiger partial charge in [0.1, 0.15) is 0 Å². The van der Waals surface area contributed by atoms with E-state index in [2.05, 4.69) is 5.32 Å². The zero-order chi connectivity index (χ0) is 12.1. The molecular formula is C14H21ClN2O.